The predicted molar refractivity (Wildman–Crippen MR) is 302 cm³/mol. The van der Waals surface area contributed by atoms with Crippen molar-refractivity contribution in [2.45, 2.75) is 91.0 Å². The molecular weight excluding hydrogens is 1050 g/mol. The molecular formula is C57H78ClN11O11. The average molecular weight is 1130 g/mol. The highest BCUT2D eigenvalue weighted by Gasteiger charge is 2.64. The third-order valence-electron chi connectivity index (χ3n) is 14.8. The topological polar surface area (TPSA) is 246 Å². The van der Waals surface area contributed by atoms with Crippen LogP contribution in [0.2, 0.25) is 5.02 Å². The lowest BCUT2D eigenvalue weighted by Crippen LogP contribution is -2.74. The van der Waals surface area contributed by atoms with Crippen molar-refractivity contribution in [3.63, 3.8) is 0 Å². The van der Waals surface area contributed by atoms with Gasteiger partial charge in [0.1, 0.15) is 35.4 Å². The van der Waals surface area contributed by atoms with Crippen LogP contribution in [0.15, 0.2) is 55.0 Å². The Balaban J connectivity index is 0.658. The maximum atomic E-state index is 13.3. The summed E-state index contributed by atoms with van der Waals surface area (Å²) in [5.74, 6) is 2.13. The molecule has 1 aliphatic heterocycles. The van der Waals surface area contributed by atoms with E-state index in [4.69, 9.17) is 54.5 Å². The number of nitriles is 1. The predicted octanol–water partition coefficient (Wildman–Crippen LogP) is 6.63. The number of nitrogens with zero attached hydrogens (tertiary/aromatic N) is 8. The van der Waals surface area contributed by atoms with E-state index in [2.05, 4.69) is 41.9 Å². The van der Waals surface area contributed by atoms with E-state index >= 15 is 0 Å². The zero-order chi connectivity index (χ0) is 57.2. The number of halogens is 1. The normalized spacial score (nSPS) is 18.2. The van der Waals surface area contributed by atoms with Crippen LogP contribution >= 0.6 is 11.6 Å². The molecule has 3 heterocycles. The number of fused-ring (bicyclic) bond motifs is 1. The third-order valence-corrected chi connectivity index (χ3v) is 15.1. The van der Waals surface area contributed by atoms with Gasteiger partial charge in [-0.05, 0) is 49.6 Å². The first-order valence-corrected chi connectivity index (χ1v) is 27.8. The number of likely N-dealkylation sites (N-methyl/N-ethyl adjacent to an activating group) is 2. The van der Waals surface area contributed by atoms with Crippen LogP contribution in [0.1, 0.15) is 93.0 Å². The number of aromatic nitrogens is 4. The van der Waals surface area contributed by atoms with Gasteiger partial charge in [0.05, 0.1) is 114 Å². The van der Waals surface area contributed by atoms with Crippen LogP contribution in [0.3, 0.4) is 0 Å². The molecule has 3 N–H and O–H groups in total. The molecule has 0 spiro atoms. The Labute approximate surface area is 474 Å². The lowest BCUT2D eigenvalue weighted by atomic mass is 9.49. The minimum Gasteiger partial charge on any atom is -0.495 e. The fourth-order valence-corrected chi connectivity index (χ4v) is 11.0. The van der Waals surface area contributed by atoms with Crippen LogP contribution in [-0.4, -0.2) is 175 Å². The summed E-state index contributed by atoms with van der Waals surface area (Å²) in [6.07, 6.45) is 9.52. The van der Waals surface area contributed by atoms with Gasteiger partial charge in [-0.1, -0.05) is 59.1 Å². The first-order valence-electron chi connectivity index (χ1n) is 27.4. The van der Waals surface area contributed by atoms with E-state index in [0.717, 1.165) is 31.5 Å². The minimum absolute atomic E-state index is 0.0582. The number of hydrogen-bond acceptors (Lipinski definition) is 19. The second-order valence-electron chi connectivity index (χ2n) is 21.0. The fraction of sp³-hybridized carbons (Fsp3) is 0.579. The van der Waals surface area contributed by atoms with Crippen molar-refractivity contribution in [3.8, 4) is 17.6 Å². The van der Waals surface area contributed by atoms with Crippen LogP contribution in [0.25, 0.3) is 0 Å². The molecule has 2 saturated carbocycles. The molecule has 0 saturated heterocycles. The van der Waals surface area contributed by atoms with E-state index in [0.29, 0.717) is 155 Å². The van der Waals surface area contributed by atoms with Crippen molar-refractivity contribution in [1.82, 2.24) is 30.6 Å². The number of benzene rings is 2. The maximum Gasteiger partial charge on any atom is 0.254 e. The van der Waals surface area contributed by atoms with Gasteiger partial charge in [-0.25, -0.2) is 15.0 Å². The van der Waals surface area contributed by atoms with Crippen molar-refractivity contribution in [2.24, 2.45) is 10.8 Å². The Morgan fingerprint density at radius 2 is 1.40 bits per heavy atom. The molecule has 2 aromatic heterocycles. The molecule has 434 valence electrons. The minimum atomic E-state index is -0.403. The van der Waals surface area contributed by atoms with E-state index in [-0.39, 0.29) is 42.0 Å². The van der Waals surface area contributed by atoms with Crippen molar-refractivity contribution < 1.29 is 52.3 Å². The van der Waals surface area contributed by atoms with Gasteiger partial charge >= 0.3 is 0 Å². The van der Waals surface area contributed by atoms with E-state index in [9.17, 15) is 19.6 Å². The Kier molecular flexibility index (Phi) is 22.4. The van der Waals surface area contributed by atoms with Crippen molar-refractivity contribution in [3.05, 3.63) is 76.7 Å². The standard InChI is InChI=1S/C57H78ClN11O11/c1-9-45-51(72)68(7)46-37-61-54(65-48(46)69(45)41-12-10-11-13-41)64-44-17-15-38(32-47(44)73-8)49(70)60-18-20-74-22-24-76-26-28-78-30-31-79-29-27-77-25-23-75-21-19-67(6)55-62-35-40(36-63-55)50(71)66-52-56(2,3)53(57(52,4)5)80-42-16-14-39(34-59)43(58)33-42/h14-17,32-33,35-37,41,45,52-53H,9-13,18-31H2,1-8H3,(H,60,70)(H,66,71)(H,61,64,65)/t45-,52-,53-/m1/s1. The molecule has 3 aliphatic rings. The summed E-state index contributed by atoms with van der Waals surface area (Å²) in [5, 5.41) is 18.8. The lowest BCUT2D eigenvalue weighted by molar-refractivity contribution is -0.164. The van der Waals surface area contributed by atoms with Crippen LogP contribution < -0.4 is 40.1 Å². The summed E-state index contributed by atoms with van der Waals surface area (Å²) in [5.41, 5.74) is 1.65. The second kappa shape index (κ2) is 29.3. The highest BCUT2D eigenvalue weighted by Crippen LogP contribution is 2.55. The van der Waals surface area contributed by atoms with E-state index in [1.807, 2.05) is 46.6 Å². The number of nitrogens with one attached hydrogen (secondary N) is 3. The lowest BCUT2D eigenvalue weighted by Gasteiger charge is -2.63. The smallest absolute Gasteiger partial charge is 0.254 e. The number of carbonyl (C=O) groups is 3. The fourth-order valence-electron chi connectivity index (χ4n) is 10.8. The third kappa shape index (κ3) is 15.5. The molecule has 80 heavy (non-hydrogen) atoms. The van der Waals surface area contributed by atoms with Crippen LogP contribution in [0, 0.1) is 22.2 Å². The van der Waals surface area contributed by atoms with Gasteiger partial charge in [0.25, 0.3) is 11.8 Å². The van der Waals surface area contributed by atoms with Crippen LogP contribution in [0.5, 0.6) is 11.5 Å². The van der Waals surface area contributed by atoms with Gasteiger partial charge in [0.15, 0.2) is 5.82 Å². The molecule has 2 fully saturated rings. The zero-order valence-corrected chi connectivity index (χ0v) is 48.1. The zero-order valence-electron chi connectivity index (χ0n) is 47.4. The number of anilines is 5. The summed E-state index contributed by atoms with van der Waals surface area (Å²) in [4.78, 5) is 63.5. The summed E-state index contributed by atoms with van der Waals surface area (Å²) < 4.78 is 45.7. The van der Waals surface area contributed by atoms with Crippen molar-refractivity contribution in [2.75, 3.05) is 134 Å². The molecule has 7 rings (SSSR count). The molecule has 4 aromatic rings. The number of methoxy groups -OCH3 is 1. The SMILES string of the molecule is CC[C@@H]1C(=O)N(C)c2cnc(Nc3ccc(C(=O)NCCOCCOCCOCCOCCOCCOCCN(C)c4ncc(C(=O)N[C@H]5C(C)(C)[C@H](Oc6ccc(C#N)c(Cl)c6)C5(C)C)cn4)cc3OC)nc2N1C1CCCC1. The summed E-state index contributed by atoms with van der Waals surface area (Å²) in [6.45, 7) is 16.0. The quantitative estimate of drug-likeness (QED) is 0.0435. The Bertz CT molecular complexity index is 2710. The first-order chi connectivity index (χ1) is 38.6. The molecule has 0 unspecified atom stereocenters. The number of ether oxygens (including phenoxy) is 8. The van der Waals surface area contributed by atoms with Crippen molar-refractivity contribution >= 4 is 58.4 Å². The van der Waals surface area contributed by atoms with Gasteiger partial charge in [0, 0.05) is 74.1 Å². The van der Waals surface area contributed by atoms with Gasteiger partial charge in [-0.2, -0.15) is 10.2 Å². The van der Waals surface area contributed by atoms with Gasteiger partial charge < -0.3 is 68.5 Å². The summed E-state index contributed by atoms with van der Waals surface area (Å²) in [7, 11) is 5.17. The Morgan fingerprint density at radius 1 is 0.800 bits per heavy atom. The van der Waals surface area contributed by atoms with E-state index < -0.39 is 10.8 Å². The van der Waals surface area contributed by atoms with Crippen molar-refractivity contribution in [1.29, 1.82) is 5.26 Å². The highest BCUT2D eigenvalue weighted by molar-refractivity contribution is 6.31. The molecule has 3 amide bonds. The molecule has 2 aromatic carbocycles. The van der Waals surface area contributed by atoms with Crippen LogP contribution in [-0.2, 0) is 33.2 Å². The molecule has 0 radical (unpaired) electrons. The number of rotatable bonds is 32. The largest absolute Gasteiger partial charge is 0.495 e. The van der Waals surface area contributed by atoms with E-state index in [1.54, 1.807) is 54.5 Å². The number of hydrogen-bond donors (Lipinski definition) is 3. The highest BCUT2D eigenvalue weighted by atomic mass is 35.5. The average Bonchev–Trinajstić information content (AvgIpc) is 4.14. The Hall–Kier alpha value is -6.45. The monoisotopic (exact) mass is 1130 g/mol. The second-order valence-corrected chi connectivity index (χ2v) is 21.4. The van der Waals surface area contributed by atoms with E-state index in [1.165, 1.54) is 19.5 Å². The van der Waals surface area contributed by atoms with Gasteiger partial charge in [-0.3, -0.25) is 14.4 Å². The summed E-state index contributed by atoms with van der Waals surface area (Å²) in [6, 6.07) is 12.0. The number of amides is 3. The Morgan fingerprint density at radius 3 is 1.98 bits per heavy atom. The summed E-state index contributed by atoms with van der Waals surface area (Å²) >= 11 is 6.23. The molecule has 0 bridgehead atoms. The number of carbonyl (C=O) groups excluding carboxylic acids is 3. The molecule has 22 nitrogen and oxygen atoms in total. The molecule has 1 atom stereocenters. The molecule has 23 heteroatoms. The maximum absolute atomic E-state index is 13.3. The van der Waals surface area contributed by atoms with Gasteiger partial charge in [0.2, 0.25) is 17.8 Å². The van der Waals surface area contributed by atoms with Crippen LogP contribution in [0.4, 0.5) is 29.1 Å². The van der Waals surface area contributed by atoms with Gasteiger partial charge in [-0.15, -0.1) is 0 Å². The molecule has 2 aliphatic carbocycles. The first kappa shape index (κ1) is 61.2.